The lowest BCUT2D eigenvalue weighted by Crippen LogP contribution is -2.36. The van der Waals surface area contributed by atoms with Crippen molar-refractivity contribution in [1.29, 1.82) is 0 Å². The van der Waals surface area contributed by atoms with Gasteiger partial charge in [0.15, 0.2) is 0 Å². The van der Waals surface area contributed by atoms with E-state index < -0.39 is 0 Å². The zero-order chi connectivity index (χ0) is 20.3. The van der Waals surface area contributed by atoms with Crippen LogP contribution in [0.15, 0.2) is 36.4 Å². The molecule has 1 N–H and O–H groups in total. The fourth-order valence-electron chi connectivity index (χ4n) is 3.83. The van der Waals surface area contributed by atoms with E-state index in [9.17, 15) is 9.59 Å². The molecule has 0 saturated carbocycles. The van der Waals surface area contributed by atoms with Crippen molar-refractivity contribution in [2.45, 2.75) is 46.7 Å². The molecule has 1 aromatic heterocycles. The van der Waals surface area contributed by atoms with Crippen LogP contribution in [-0.2, 0) is 16.1 Å². The Morgan fingerprint density at radius 3 is 2.61 bits per heavy atom. The Morgan fingerprint density at radius 2 is 1.96 bits per heavy atom. The number of rotatable bonds is 7. The largest absolute Gasteiger partial charge is 0.355 e. The third kappa shape index (κ3) is 4.61. The highest BCUT2D eigenvalue weighted by Gasteiger charge is 2.36. The third-order valence-electron chi connectivity index (χ3n) is 5.49. The van der Waals surface area contributed by atoms with E-state index in [0.717, 1.165) is 23.5 Å². The van der Waals surface area contributed by atoms with Crippen molar-refractivity contribution in [2.24, 2.45) is 11.8 Å². The van der Waals surface area contributed by atoms with E-state index in [1.807, 2.05) is 60.7 Å². The van der Waals surface area contributed by atoms with Gasteiger partial charge in [-0.15, -0.1) is 0 Å². The normalized spacial score (nSPS) is 18.9. The van der Waals surface area contributed by atoms with Gasteiger partial charge in [0.1, 0.15) is 0 Å². The molecular formula is C22H30N4O2. The number of hydrogen-bond donors (Lipinski definition) is 1. The Balaban J connectivity index is 1.51. The van der Waals surface area contributed by atoms with Gasteiger partial charge in [-0.05, 0) is 38.3 Å². The fourth-order valence-corrected chi connectivity index (χ4v) is 3.83. The number of carbonyl (C=O) groups excluding carboxylic acids is 2. The van der Waals surface area contributed by atoms with E-state index in [0.29, 0.717) is 13.1 Å². The quantitative estimate of drug-likeness (QED) is 0.801. The van der Waals surface area contributed by atoms with Crippen LogP contribution in [0.5, 0.6) is 0 Å². The number of benzene rings is 1. The molecule has 3 atom stereocenters. The van der Waals surface area contributed by atoms with Crippen LogP contribution in [-0.4, -0.2) is 39.6 Å². The van der Waals surface area contributed by atoms with Gasteiger partial charge in [0.2, 0.25) is 11.8 Å². The average molecular weight is 383 g/mol. The van der Waals surface area contributed by atoms with Crippen molar-refractivity contribution in [2.75, 3.05) is 13.1 Å². The molecule has 0 unspecified atom stereocenters. The number of aromatic nitrogens is 2. The molecule has 150 valence electrons. The number of amides is 2. The standard InChI is InChI=1S/C22H30N4O2/c1-15(13-26-17(3)10-16(2)24-26)12-23-22(28)20-11-21(27)25(14-20)18(4)19-8-6-5-7-9-19/h5-10,15,18,20H,11-14H2,1-4H3,(H,23,28)/t15-,18-,20+/m1/s1. The number of aryl methyl sites for hydroxylation is 2. The SMILES string of the molecule is Cc1cc(C)n(C[C@H](C)CNC(=O)[C@H]2CC(=O)N([C@H](C)c3ccccc3)C2)n1. The van der Waals surface area contributed by atoms with E-state index in [2.05, 4.69) is 23.4 Å². The Kier molecular flexibility index (Phi) is 6.17. The van der Waals surface area contributed by atoms with Gasteiger partial charge in [0.05, 0.1) is 17.7 Å². The average Bonchev–Trinajstić information content (AvgIpc) is 3.21. The van der Waals surface area contributed by atoms with Crippen molar-refractivity contribution >= 4 is 11.8 Å². The molecule has 2 aromatic rings. The summed E-state index contributed by atoms with van der Waals surface area (Å²) in [6, 6.07) is 12.0. The highest BCUT2D eigenvalue weighted by Crippen LogP contribution is 2.28. The Hall–Kier alpha value is -2.63. The molecule has 1 aromatic carbocycles. The molecule has 1 aliphatic heterocycles. The Morgan fingerprint density at radius 1 is 1.25 bits per heavy atom. The predicted octanol–water partition coefficient (Wildman–Crippen LogP) is 2.86. The van der Waals surface area contributed by atoms with Crippen molar-refractivity contribution < 1.29 is 9.59 Å². The summed E-state index contributed by atoms with van der Waals surface area (Å²) >= 11 is 0. The molecule has 0 bridgehead atoms. The van der Waals surface area contributed by atoms with E-state index in [1.165, 1.54) is 0 Å². The molecule has 6 heteroatoms. The van der Waals surface area contributed by atoms with Gasteiger partial charge >= 0.3 is 0 Å². The summed E-state index contributed by atoms with van der Waals surface area (Å²) in [6.45, 7) is 9.96. The number of nitrogens with zero attached hydrogens (tertiary/aromatic N) is 3. The topological polar surface area (TPSA) is 67.2 Å². The molecule has 28 heavy (non-hydrogen) atoms. The lowest BCUT2D eigenvalue weighted by atomic mass is 10.1. The van der Waals surface area contributed by atoms with Crippen molar-refractivity contribution in [3.8, 4) is 0 Å². The summed E-state index contributed by atoms with van der Waals surface area (Å²) in [4.78, 5) is 26.9. The van der Waals surface area contributed by atoms with Crippen LogP contribution in [0.3, 0.4) is 0 Å². The van der Waals surface area contributed by atoms with Gasteiger partial charge in [0.25, 0.3) is 0 Å². The first-order valence-corrected chi connectivity index (χ1v) is 9.98. The Bertz CT molecular complexity index is 830. The summed E-state index contributed by atoms with van der Waals surface area (Å²) < 4.78 is 1.98. The van der Waals surface area contributed by atoms with Crippen LogP contribution in [0, 0.1) is 25.7 Å². The molecule has 1 saturated heterocycles. The zero-order valence-corrected chi connectivity index (χ0v) is 17.2. The summed E-state index contributed by atoms with van der Waals surface area (Å²) in [5.41, 5.74) is 3.23. The van der Waals surface area contributed by atoms with Crippen molar-refractivity contribution in [3.05, 3.63) is 53.3 Å². The number of likely N-dealkylation sites (tertiary alicyclic amines) is 1. The van der Waals surface area contributed by atoms with Gasteiger partial charge in [-0.2, -0.15) is 5.10 Å². The first-order chi connectivity index (χ1) is 13.3. The molecule has 3 rings (SSSR count). The van der Waals surface area contributed by atoms with Crippen molar-refractivity contribution in [3.63, 3.8) is 0 Å². The molecular weight excluding hydrogens is 352 g/mol. The maximum Gasteiger partial charge on any atom is 0.225 e. The van der Waals surface area contributed by atoms with Crippen LogP contribution >= 0.6 is 0 Å². The summed E-state index contributed by atoms with van der Waals surface area (Å²) in [5, 5.41) is 7.51. The monoisotopic (exact) mass is 382 g/mol. The van der Waals surface area contributed by atoms with Gasteiger partial charge < -0.3 is 10.2 Å². The minimum absolute atomic E-state index is 0.0172. The first-order valence-electron chi connectivity index (χ1n) is 9.98. The lowest BCUT2D eigenvalue weighted by Gasteiger charge is -2.25. The third-order valence-corrected chi connectivity index (χ3v) is 5.49. The van der Waals surface area contributed by atoms with Crippen molar-refractivity contribution in [1.82, 2.24) is 20.0 Å². The molecule has 6 nitrogen and oxygen atoms in total. The van der Waals surface area contributed by atoms with Crippen LogP contribution in [0.25, 0.3) is 0 Å². The second kappa shape index (κ2) is 8.59. The minimum atomic E-state index is -0.278. The van der Waals surface area contributed by atoms with E-state index in [-0.39, 0.29) is 36.1 Å². The molecule has 2 amide bonds. The summed E-state index contributed by atoms with van der Waals surface area (Å²) in [7, 11) is 0. The molecule has 1 fully saturated rings. The summed E-state index contributed by atoms with van der Waals surface area (Å²) in [5.74, 6) is 0.00136. The molecule has 2 heterocycles. The molecule has 0 radical (unpaired) electrons. The smallest absolute Gasteiger partial charge is 0.225 e. The highest BCUT2D eigenvalue weighted by atomic mass is 16.2. The molecule has 1 aliphatic rings. The number of carbonyl (C=O) groups is 2. The Labute approximate surface area is 166 Å². The maximum absolute atomic E-state index is 12.6. The second-order valence-corrected chi connectivity index (χ2v) is 7.99. The van der Waals surface area contributed by atoms with Crippen LogP contribution in [0.2, 0.25) is 0 Å². The van der Waals surface area contributed by atoms with E-state index >= 15 is 0 Å². The molecule has 0 spiro atoms. The second-order valence-electron chi connectivity index (χ2n) is 7.99. The number of nitrogens with one attached hydrogen (secondary N) is 1. The number of hydrogen-bond acceptors (Lipinski definition) is 3. The van der Waals surface area contributed by atoms with Crippen LogP contribution < -0.4 is 5.32 Å². The fraction of sp³-hybridized carbons (Fsp3) is 0.500. The zero-order valence-electron chi connectivity index (χ0n) is 17.2. The van der Waals surface area contributed by atoms with Gasteiger partial charge in [-0.1, -0.05) is 37.3 Å². The first kappa shape index (κ1) is 20.1. The lowest BCUT2D eigenvalue weighted by molar-refractivity contribution is -0.130. The van der Waals surface area contributed by atoms with Gasteiger partial charge in [0, 0.05) is 31.7 Å². The molecule has 0 aliphatic carbocycles. The van der Waals surface area contributed by atoms with E-state index in [4.69, 9.17) is 0 Å². The predicted molar refractivity (Wildman–Crippen MR) is 109 cm³/mol. The van der Waals surface area contributed by atoms with Crippen LogP contribution in [0.4, 0.5) is 0 Å². The van der Waals surface area contributed by atoms with Crippen LogP contribution in [0.1, 0.15) is 43.3 Å². The summed E-state index contributed by atoms with van der Waals surface area (Å²) in [6.07, 6.45) is 0.287. The van der Waals surface area contributed by atoms with E-state index in [1.54, 1.807) is 0 Å². The van der Waals surface area contributed by atoms with Gasteiger partial charge in [-0.3, -0.25) is 14.3 Å². The highest BCUT2D eigenvalue weighted by molar-refractivity contribution is 5.89. The van der Waals surface area contributed by atoms with Gasteiger partial charge in [-0.25, -0.2) is 0 Å². The minimum Gasteiger partial charge on any atom is -0.355 e. The maximum atomic E-state index is 12.6.